The molecular formula is C12H36O3P4. The summed E-state index contributed by atoms with van der Waals surface area (Å²) in [6.07, 6.45) is 0. The molecule has 19 heavy (non-hydrogen) atoms. The third-order valence-corrected chi connectivity index (χ3v) is 0. The fourth-order valence-corrected chi connectivity index (χ4v) is 0. The second kappa shape index (κ2) is 13.3. The Kier molecular flexibility index (Phi) is 20.1. The highest BCUT2D eigenvalue weighted by Gasteiger charge is 2.04. The molecule has 0 aliphatic rings. The van der Waals surface area contributed by atoms with Gasteiger partial charge in [-0.25, -0.2) is 0 Å². The van der Waals surface area contributed by atoms with Crippen molar-refractivity contribution in [2.75, 3.05) is 80.0 Å². The molecule has 0 saturated carbocycles. The predicted octanol–water partition coefficient (Wildman–Crippen LogP) is 1.86. The van der Waals surface area contributed by atoms with Gasteiger partial charge in [0.05, 0.1) is 0 Å². The Morgan fingerprint density at radius 3 is 0.421 bits per heavy atom. The van der Waals surface area contributed by atoms with Gasteiger partial charge in [-0.2, -0.15) is 0 Å². The summed E-state index contributed by atoms with van der Waals surface area (Å²) in [6, 6.07) is 0. The van der Waals surface area contributed by atoms with E-state index in [9.17, 15) is 0 Å². The summed E-state index contributed by atoms with van der Waals surface area (Å²) < 4.78 is 0. The zero-order valence-corrected chi connectivity index (χ0v) is 18.6. The lowest BCUT2D eigenvalue weighted by atomic mass is 11.8. The molecule has 0 aromatic heterocycles. The Labute approximate surface area is 125 Å². The van der Waals surface area contributed by atoms with Crippen molar-refractivity contribution in [3.8, 4) is 0 Å². The second-order valence-corrected chi connectivity index (χ2v) is 24.8. The van der Waals surface area contributed by atoms with Crippen molar-refractivity contribution in [2.45, 2.75) is 0 Å². The van der Waals surface area contributed by atoms with E-state index in [-0.39, 0.29) is 21.8 Å². The average Bonchev–Trinajstić information content (AvgIpc) is 1.66. The Bertz CT molecular complexity index is 130. The van der Waals surface area contributed by atoms with Gasteiger partial charge in [-0.15, -0.1) is 0 Å². The van der Waals surface area contributed by atoms with Crippen LogP contribution in [0.2, 0.25) is 0 Å². The standard InChI is InChI=1S/3C4H12P.O3P/c3*1-5(2,3)4;1-4(2)3/h3*1-4H3;/q3*+1;-3. The summed E-state index contributed by atoms with van der Waals surface area (Å²) >= 11 is 0. The van der Waals surface area contributed by atoms with E-state index in [0.29, 0.717) is 0 Å². The lowest BCUT2D eigenvalue weighted by molar-refractivity contribution is -0.407. The monoisotopic (exact) mass is 352 g/mol. The second-order valence-electron chi connectivity index (χ2n) is 8.27. The highest BCUT2D eigenvalue weighted by atomic mass is 31.2. The summed E-state index contributed by atoms with van der Waals surface area (Å²) in [4.78, 5) is 25.4. The lowest BCUT2D eigenvalue weighted by Gasteiger charge is -2.39. The smallest absolute Gasteiger partial charge is 0.0481 e. The molecule has 0 saturated heterocycles. The van der Waals surface area contributed by atoms with Gasteiger partial charge in [-0.05, 0) is 0 Å². The molecule has 0 aliphatic carbocycles. The minimum atomic E-state index is -3.37. The van der Waals surface area contributed by atoms with E-state index in [1.807, 2.05) is 0 Å². The van der Waals surface area contributed by atoms with Gasteiger partial charge in [-0.1, -0.05) is 0 Å². The molecule has 7 heteroatoms. The highest BCUT2D eigenvalue weighted by molar-refractivity contribution is 7.73. The maximum absolute atomic E-state index is 8.48. The quantitative estimate of drug-likeness (QED) is 0.625. The molecule has 0 bridgehead atoms. The summed E-state index contributed by atoms with van der Waals surface area (Å²) in [7, 11) is -4.54. The van der Waals surface area contributed by atoms with Crippen molar-refractivity contribution in [2.24, 2.45) is 0 Å². The van der Waals surface area contributed by atoms with Crippen LogP contribution < -0.4 is 14.7 Å². The molecule has 0 aliphatic heterocycles. The first kappa shape index (κ1) is 28.7. The van der Waals surface area contributed by atoms with Crippen LogP contribution in [0, 0.1) is 0 Å². The molecule has 122 valence electrons. The number of hydrogen-bond acceptors (Lipinski definition) is 3. The Balaban J connectivity index is -0.0000000793. The minimum absolute atomic E-state index is 0.389. The van der Waals surface area contributed by atoms with E-state index in [0.717, 1.165) is 0 Å². The molecule has 0 aromatic rings. The van der Waals surface area contributed by atoms with Crippen LogP contribution in [0.5, 0.6) is 0 Å². The summed E-state index contributed by atoms with van der Waals surface area (Å²) in [6.45, 7) is 27.6. The molecular weight excluding hydrogens is 316 g/mol. The van der Waals surface area contributed by atoms with Crippen LogP contribution >= 0.6 is 30.4 Å². The SMILES string of the molecule is C[P+](C)(C)C.C[P+](C)(C)C.C[P+](C)(C)C.[O-]P([O-])[O-]. The molecule has 0 aromatic carbocycles. The molecule has 0 unspecified atom stereocenters. The van der Waals surface area contributed by atoms with Crippen molar-refractivity contribution in [3.05, 3.63) is 0 Å². The van der Waals surface area contributed by atoms with Gasteiger partial charge in [0.15, 0.2) is 0 Å². The Morgan fingerprint density at radius 2 is 0.421 bits per heavy atom. The first-order valence-electron chi connectivity index (χ1n) is 5.91. The van der Waals surface area contributed by atoms with Crippen molar-refractivity contribution in [3.63, 3.8) is 0 Å². The molecule has 0 rings (SSSR count). The first-order valence-corrected chi connectivity index (χ1v) is 17.7. The largest absolute Gasteiger partial charge is 0.854 e. The van der Waals surface area contributed by atoms with E-state index in [4.69, 9.17) is 14.7 Å². The maximum Gasteiger partial charge on any atom is 0.0481 e. The van der Waals surface area contributed by atoms with Crippen molar-refractivity contribution in [1.82, 2.24) is 0 Å². The number of rotatable bonds is 0. The molecule has 3 nitrogen and oxygen atoms in total. The lowest BCUT2D eigenvalue weighted by Crippen LogP contribution is -2.18. The van der Waals surface area contributed by atoms with Gasteiger partial charge in [0.25, 0.3) is 0 Å². The van der Waals surface area contributed by atoms with Crippen LogP contribution in [0.1, 0.15) is 0 Å². The Morgan fingerprint density at radius 1 is 0.421 bits per heavy atom. The fourth-order valence-electron chi connectivity index (χ4n) is 0. The van der Waals surface area contributed by atoms with Crippen LogP contribution in [0.25, 0.3) is 0 Å². The zero-order valence-electron chi connectivity index (χ0n) is 15.0. The molecule has 0 N–H and O–H groups in total. The predicted molar refractivity (Wildman–Crippen MR) is 98.8 cm³/mol. The summed E-state index contributed by atoms with van der Waals surface area (Å²) in [5.41, 5.74) is 0. The van der Waals surface area contributed by atoms with Crippen LogP contribution in [0.4, 0.5) is 0 Å². The van der Waals surface area contributed by atoms with E-state index in [2.05, 4.69) is 80.0 Å². The minimum Gasteiger partial charge on any atom is -0.854 e. The van der Waals surface area contributed by atoms with Gasteiger partial charge < -0.3 is 23.3 Å². The van der Waals surface area contributed by atoms with Crippen LogP contribution in [-0.2, 0) is 0 Å². The molecule has 0 heterocycles. The highest BCUT2D eigenvalue weighted by Crippen LogP contribution is 2.41. The topological polar surface area (TPSA) is 69.2 Å². The maximum atomic E-state index is 8.48. The summed E-state index contributed by atoms with van der Waals surface area (Å²) in [5, 5.41) is 0. The number of hydrogen-bond donors (Lipinski definition) is 0. The molecule has 0 radical (unpaired) electrons. The van der Waals surface area contributed by atoms with Crippen molar-refractivity contribution >= 4 is 30.4 Å². The fraction of sp³-hybridized carbons (Fsp3) is 1.00. The van der Waals surface area contributed by atoms with Gasteiger partial charge in [0.1, 0.15) is 0 Å². The van der Waals surface area contributed by atoms with E-state index in [1.165, 1.54) is 0 Å². The van der Waals surface area contributed by atoms with E-state index in [1.54, 1.807) is 0 Å². The van der Waals surface area contributed by atoms with Crippen LogP contribution in [0.15, 0.2) is 0 Å². The van der Waals surface area contributed by atoms with Gasteiger partial charge >= 0.3 is 0 Å². The van der Waals surface area contributed by atoms with Gasteiger partial charge in [0.2, 0.25) is 0 Å². The van der Waals surface area contributed by atoms with Crippen molar-refractivity contribution < 1.29 is 14.7 Å². The van der Waals surface area contributed by atoms with Crippen LogP contribution in [-0.4, -0.2) is 80.0 Å². The molecule has 0 atom stereocenters. The van der Waals surface area contributed by atoms with E-state index >= 15 is 0 Å². The van der Waals surface area contributed by atoms with Crippen molar-refractivity contribution in [1.29, 1.82) is 0 Å². The Hall–Kier alpha value is 1.60. The van der Waals surface area contributed by atoms with E-state index < -0.39 is 8.60 Å². The average molecular weight is 352 g/mol. The van der Waals surface area contributed by atoms with Gasteiger partial charge in [-0.3, -0.25) is 0 Å². The third-order valence-electron chi connectivity index (χ3n) is 0. The van der Waals surface area contributed by atoms with Gasteiger partial charge in [0, 0.05) is 102 Å². The van der Waals surface area contributed by atoms with Crippen LogP contribution in [0.3, 0.4) is 0 Å². The normalized spacial score (nSPS) is 11.4. The third kappa shape index (κ3) is 2370. The molecule has 0 spiro atoms. The molecule has 0 amide bonds. The molecule has 0 fully saturated rings. The zero-order chi connectivity index (χ0) is 17.1. The first-order chi connectivity index (χ1) is 7.73. The summed E-state index contributed by atoms with van der Waals surface area (Å²) in [5.74, 6) is 0.